The lowest BCUT2D eigenvalue weighted by molar-refractivity contribution is 0.0815. The molecule has 2 aliphatic carbocycles. The number of hydrogen-bond donors (Lipinski definition) is 1. The first-order chi connectivity index (χ1) is 5.15. The first-order valence-corrected chi connectivity index (χ1v) is 4.25. The Kier molecular flexibility index (Phi) is 1.28. The van der Waals surface area contributed by atoms with Crippen LogP contribution in [0.4, 0.5) is 0 Å². The number of fused-ring (bicyclic) bond motifs is 2. The van der Waals surface area contributed by atoms with Crippen LogP contribution in [0, 0.1) is 28.6 Å². The number of nitriles is 1. The lowest BCUT2D eigenvalue weighted by atomic mass is 9.75. The molecule has 4 atom stereocenters. The van der Waals surface area contributed by atoms with Gasteiger partial charge in [-0.1, -0.05) is 0 Å². The molecule has 0 aliphatic heterocycles. The molecule has 11 heavy (non-hydrogen) atoms. The van der Waals surface area contributed by atoms with Gasteiger partial charge in [0.25, 0.3) is 0 Å². The third kappa shape index (κ3) is 0.810. The van der Waals surface area contributed by atoms with Crippen molar-refractivity contribution in [2.75, 3.05) is 0 Å². The number of rotatable bonds is 0. The van der Waals surface area contributed by atoms with Gasteiger partial charge in [0.2, 0.25) is 0 Å². The van der Waals surface area contributed by atoms with Gasteiger partial charge < -0.3 is 5.11 Å². The zero-order chi connectivity index (χ0) is 8.06. The quantitative estimate of drug-likeness (QED) is 0.567. The van der Waals surface area contributed by atoms with Crippen LogP contribution in [-0.2, 0) is 0 Å². The van der Waals surface area contributed by atoms with Gasteiger partial charge in [-0.3, -0.25) is 0 Å². The molecule has 0 unspecified atom stereocenters. The number of aliphatic hydroxyl groups is 1. The average molecular weight is 151 g/mol. The Bertz CT molecular complexity index is 218. The Hall–Kier alpha value is -0.550. The van der Waals surface area contributed by atoms with Gasteiger partial charge in [-0.2, -0.15) is 5.26 Å². The molecular weight excluding hydrogens is 138 g/mol. The number of hydrogen-bond acceptors (Lipinski definition) is 2. The molecule has 2 aliphatic rings. The minimum absolute atomic E-state index is 0.110. The predicted molar refractivity (Wildman–Crippen MR) is 40.6 cm³/mol. The molecule has 0 aromatic carbocycles. The Morgan fingerprint density at radius 3 is 2.64 bits per heavy atom. The number of aliphatic hydroxyl groups excluding tert-OH is 1. The van der Waals surface area contributed by atoms with E-state index >= 15 is 0 Å². The maximum Gasteiger partial charge on any atom is 0.0689 e. The fourth-order valence-electron chi connectivity index (χ4n) is 2.69. The molecule has 2 heteroatoms. The van der Waals surface area contributed by atoms with Crippen molar-refractivity contribution < 1.29 is 5.11 Å². The third-order valence-electron chi connectivity index (χ3n) is 3.50. The Morgan fingerprint density at radius 1 is 1.55 bits per heavy atom. The van der Waals surface area contributed by atoms with Gasteiger partial charge >= 0.3 is 0 Å². The molecule has 1 N–H and O–H groups in total. The van der Waals surface area contributed by atoms with Crippen molar-refractivity contribution >= 4 is 0 Å². The molecule has 0 aromatic heterocycles. The maximum atomic E-state index is 9.44. The molecule has 0 radical (unpaired) electrons. The van der Waals surface area contributed by atoms with Crippen LogP contribution in [0.1, 0.15) is 26.2 Å². The lowest BCUT2D eigenvalue weighted by Crippen LogP contribution is -2.28. The summed E-state index contributed by atoms with van der Waals surface area (Å²) in [7, 11) is 0. The molecule has 0 amide bonds. The standard InChI is InChI=1S/C9H13NO/c1-9(5-10)4-6-2-7(9)3-8(6)11/h6-8,11H,2-4H2,1H3/t6-,7-,8+,9-/m0/s1. The van der Waals surface area contributed by atoms with Gasteiger partial charge in [-0.05, 0) is 38.0 Å². The van der Waals surface area contributed by atoms with Crippen molar-refractivity contribution in [1.29, 1.82) is 5.26 Å². The van der Waals surface area contributed by atoms with Gasteiger partial charge in [0, 0.05) is 0 Å². The van der Waals surface area contributed by atoms with Crippen LogP contribution in [0.2, 0.25) is 0 Å². The van der Waals surface area contributed by atoms with E-state index in [1.807, 2.05) is 6.92 Å². The van der Waals surface area contributed by atoms with Crippen LogP contribution in [0.25, 0.3) is 0 Å². The van der Waals surface area contributed by atoms with Gasteiger partial charge in [-0.25, -0.2) is 0 Å². The summed E-state index contributed by atoms with van der Waals surface area (Å²) in [6, 6.07) is 2.38. The van der Waals surface area contributed by atoms with Crippen LogP contribution >= 0.6 is 0 Å². The van der Waals surface area contributed by atoms with Gasteiger partial charge in [0.15, 0.2) is 0 Å². The summed E-state index contributed by atoms with van der Waals surface area (Å²) in [6.45, 7) is 2.03. The molecule has 60 valence electrons. The second kappa shape index (κ2) is 1.98. The van der Waals surface area contributed by atoms with Crippen LogP contribution in [0.5, 0.6) is 0 Å². The highest BCUT2D eigenvalue weighted by atomic mass is 16.3. The Balaban J connectivity index is 2.21. The molecular formula is C9H13NO. The second-order valence-electron chi connectivity index (χ2n) is 4.23. The van der Waals surface area contributed by atoms with Gasteiger partial charge in [0.1, 0.15) is 0 Å². The van der Waals surface area contributed by atoms with E-state index in [-0.39, 0.29) is 11.5 Å². The summed E-state index contributed by atoms with van der Waals surface area (Å²) in [5.41, 5.74) is -0.121. The molecule has 2 fully saturated rings. The van der Waals surface area contributed by atoms with E-state index in [0.29, 0.717) is 11.8 Å². The molecule has 0 heterocycles. The van der Waals surface area contributed by atoms with Crippen molar-refractivity contribution in [2.24, 2.45) is 17.3 Å². The van der Waals surface area contributed by atoms with Crippen molar-refractivity contribution in [1.82, 2.24) is 0 Å². The molecule has 2 bridgehead atoms. The summed E-state index contributed by atoms with van der Waals surface area (Å²) in [5.74, 6) is 0.886. The first kappa shape index (κ1) is 7.12. The zero-order valence-electron chi connectivity index (χ0n) is 6.75. The molecule has 2 nitrogen and oxygen atoms in total. The summed E-state index contributed by atoms with van der Waals surface area (Å²) >= 11 is 0. The number of nitrogens with zero attached hydrogens (tertiary/aromatic N) is 1. The highest BCUT2D eigenvalue weighted by Gasteiger charge is 2.52. The van der Waals surface area contributed by atoms with Crippen LogP contribution in [-0.4, -0.2) is 11.2 Å². The van der Waals surface area contributed by atoms with Crippen molar-refractivity contribution in [3.63, 3.8) is 0 Å². The van der Waals surface area contributed by atoms with Gasteiger partial charge in [-0.15, -0.1) is 0 Å². The fourth-order valence-corrected chi connectivity index (χ4v) is 2.69. The third-order valence-corrected chi connectivity index (χ3v) is 3.50. The smallest absolute Gasteiger partial charge is 0.0689 e. The minimum atomic E-state index is -0.121. The van der Waals surface area contributed by atoms with Crippen LogP contribution < -0.4 is 0 Å². The molecule has 2 rings (SSSR count). The largest absolute Gasteiger partial charge is 0.393 e. The topological polar surface area (TPSA) is 44.0 Å². The maximum absolute atomic E-state index is 9.44. The van der Waals surface area contributed by atoms with Gasteiger partial charge in [0.05, 0.1) is 17.6 Å². The normalized spacial score (nSPS) is 54.5. The van der Waals surface area contributed by atoms with Crippen molar-refractivity contribution in [2.45, 2.75) is 32.3 Å². The van der Waals surface area contributed by atoms with Crippen molar-refractivity contribution in [3.05, 3.63) is 0 Å². The van der Waals surface area contributed by atoms with Crippen molar-refractivity contribution in [3.8, 4) is 6.07 Å². The van der Waals surface area contributed by atoms with E-state index in [1.54, 1.807) is 0 Å². The molecule has 0 spiro atoms. The molecule has 0 aromatic rings. The second-order valence-corrected chi connectivity index (χ2v) is 4.23. The van der Waals surface area contributed by atoms with E-state index in [2.05, 4.69) is 6.07 Å². The summed E-state index contributed by atoms with van der Waals surface area (Å²) < 4.78 is 0. The average Bonchev–Trinajstić information content (AvgIpc) is 2.45. The molecule has 2 saturated carbocycles. The summed E-state index contributed by atoms with van der Waals surface area (Å²) in [4.78, 5) is 0. The molecule has 0 saturated heterocycles. The lowest BCUT2D eigenvalue weighted by Gasteiger charge is -2.28. The summed E-state index contributed by atoms with van der Waals surface area (Å²) in [5, 5.41) is 18.3. The SMILES string of the molecule is C[C@@]1(C#N)C[C@@H]2C[C@H]1C[C@H]2O. The predicted octanol–water partition coefficient (Wildman–Crippen LogP) is 1.31. The van der Waals surface area contributed by atoms with Crippen LogP contribution in [0.15, 0.2) is 0 Å². The first-order valence-electron chi connectivity index (χ1n) is 4.25. The van der Waals surface area contributed by atoms with Crippen LogP contribution in [0.3, 0.4) is 0 Å². The zero-order valence-corrected chi connectivity index (χ0v) is 6.75. The van der Waals surface area contributed by atoms with E-state index in [4.69, 9.17) is 5.26 Å². The Labute approximate surface area is 66.8 Å². The highest BCUT2D eigenvalue weighted by Crippen LogP contribution is 2.55. The highest BCUT2D eigenvalue weighted by molar-refractivity contribution is 5.11. The monoisotopic (exact) mass is 151 g/mol. The summed E-state index contributed by atoms with van der Waals surface area (Å²) in [6.07, 6.45) is 2.73. The van der Waals surface area contributed by atoms with E-state index in [0.717, 1.165) is 19.3 Å². The Morgan fingerprint density at radius 2 is 2.27 bits per heavy atom. The van der Waals surface area contributed by atoms with E-state index < -0.39 is 0 Å². The van der Waals surface area contributed by atoms with E-state index in [9.17, 15) is 5.11 Å². The minimum Gasteiger partial charge on any atom is -0.393 e. The van der Waals surface area contributed by atoms with E-state index in [1.165, 1.54) is 0 Å². The fraction of sp³-hybridized carbons (Fsp3) is 0.889.